The standard InChI is InChI=1S/C17H26N4OS/c1-10(2)9-12-14(17(12,3)4)15(22)18-8-7-13-19-20-16(23)21(13)11-5-6-11/h9,11-12,14H,5-8H2,1-4H3,(H,18,22)(H,20,23)/t12-,14-/m1/s1. The first-order valence-electron chi connectivity index (χ1n) is 8.41. The highest BCUT2D eigenvalue weighted by atomic mass is 32.1. The molecule has 1 aromatic heterocycles. The molecule has 1 aromatic rings. The third kappa shape index (κ3) is 3.27. The fourth-order valence-electron chi connectivity index (χ4n) is 3.48. The summed E-state index contributed by atoms with van der Waals surface area (Å²) in [7, 11) is 0. The molecule has 126 valence electrons. The molecule has 2 saturated carbocycles. The van der Waals surface area contributed by atoms with Gasteiger partial charge in [0.25, 0.3) is 0 Å². The summed E-state index contributed by atoms with van der Waals surface area (Å²) in [5.41, 5.74) is 1.34. The minimum Gasteiger partial charge on any atom is -0.355 e. The van der Waals surface area contributed by atoms with Crippen LogP contribution in [0.5, 0.6) is 0 Å². The molecule has 2 aliphatic rings. The third-order valence-corrected chi connectivity index (χ3v) is 5.33. The van der Waals surface area contributed by atoms with Crippen molar-refractivity contribution in [3.05, 3.63) is 22.2 Å². The molecule has 2 atom stereocenters. The summed E-state index contributed by atoms with van der Waals surface area (Å²) in [4.78, 5) is 12.4. The molecule has 0 aromatic carbocycles. The number of nitrogens with one attached hydrogen (secondary N) is 2. The van der Waals surface area contributed by atoms with Crippen molar-refractivity contribution in [2.75, 3.05) is 6.54 Å². The lowest BCUT2D eigenvalue weighted by molar-refractivity contribution is -0.123. The van der Waals surface area contributed by atoms with Crippen LogP contribution in [0.25, 0.3) is 0 Å². The summed E-state index contributed by atoms with van der Waals surface area (Å²) >= 11 is 5.28. The zero-order chi connectivity index (χ0) is 16.8. The summed E-state index contributed by atoms with van der Waals surface area (Å²) in [6.07, 6.45) is 5.29. The molecule has 0 unspecified atom stereocenters. The van der Waals surface area contributed by atoms with Gasteiger partial charge in [0.05, 0.1) is 5.92 Å². The van der Waals surface area contributed by atoms with Crippen LogP contribution in [-0.2, 0) is 11.2 Å². The monoisotopic (exact) mass is 334 g/mol. The summed E-state index contributed by atoms with van der Waals surface area (Å²) in [6, 6.07) is 0.511. The van der Waals surface area contributed by atoms with Gasteiger partial charge in [-0.1, -0.05) is 25.5 Å². The average molecular weight is 334 g/mol. The van der Waals surface area contributed by atoms with Crippen LogP contribution in [0.2, 0.25) is 0 Å². The Morgan fingerprint density at radius 1 is 1.48 bits per heavy atom. The highest BCUT2D eigenvalue weighted by Crippen LogP contribution is 2.59. The number of aromatic amines is 1. The number of hydrogen-bond acceptors (Lipinski definition) is 3. The number of carbonyl (C=O) groups is 1. The van der Waals surface area contributed by atoms with Crippen molar-refractivity contribution in [1.82, 2.24) is 20.1 Å². The van der Waals surface area contributed by atoms with Gasteiger partial charge in [-0.25, -0.2) is 0 Å². The van der Waals surface area contributed by atoms with Gasteiger partial charge in [-0.05, 0) is 50.2 Å². The number of nitrogens with zero attached hydrogens (tertiary/aromatic N) is 2. The summed E-state index contributed by atoms with van der Waals surface area (Å²) in [6.45, 7) is 9.12. The number of amides is 1. The Hall–Kier alpha value is -1.43. The lowest BCUT2D eigenvalue weighted by Crippen LogP contribution is -2.29. The normalized spacial score (nSPS) is 25.0. The van der Waals surface area contributed by atoms with Gasteiger partial charge >= 0.3 is 0 Å². The molecule has 5 nitrogen and oxygen atoms in total. The lowest BCUT2D eigenvalue weighted by Gasteiger charge is -2.07. The van der Waals surface area contributed by atoms with Crippen LogP contribution in [-0.4, -0.2) is 27.2 Å². The van der Waals surface area contributed by atoms with Gasteiger partial charge in [0.2, 0.25) is 5.91 Å². The van der Waals surface area contributed by atoms with E-state index in [1.165, 1.54) is 18.4 Å². The Morgan fingerprint density at radius 2 is 2.17 bits per heavy atom. The number of aromatic nitrogens is 3. The van der Waals surface area contributed by atoms with Crippen LogP contribution in [0.4, 0.5) is 0 Å². The second kappa shape index (κ2) is 5.89. The van der Waals surface area contributed by atoms with E-state index in [0.717, 1.165) is 12.2 Å². The van der Waals surface area contributed by atoms with Gasteiger partial charge < -0.3 is 9.88 Å². The van der Waals surface area contributed by atoms with E-state index in [0.29, 0.717) is 23.3 Å². The Kier molecular flexibility index (Phi) is 4.21. The van der Waals surface area contributed by atoms with Crippen molar-refractivity contribution < 1.29 is 4.79 Å². The molecular formula is C17H26N4OS. The molecule has 0 aliphatic heterocycles. The molecule has 1 heterocycles. The van der Waals surface area contributed by atoms with E-state index in [4.69, 9.17) is 12.2 Å². The fraction of sp³-hybridized carbons (Fsp3) is 0.706. The van der Waals surface area contributed by atoms with E-state index in [-0.39, 0.29) is 17.2 Å². The van der Waals surface area contributed by atoms with Crippen LogP contribution in [0.1, 0.15) is 52.4 Å². The summed E-state index contributed by atoms with van der Waals surface area (Å²) in [5.74, 6) is 1.55. The SMILES string of the molecule is CC(C)=C[C@@H]1[C@H](C(=O)NCCc2n[nH]c(=S)n2C2CC2)C1(C)C. The van der Waals surface area contributed by atoms with Crippen molar-refractivity contribution in [1.29, 1.82) is 0 Å². The van der Waals surface area contributed by atoms with Crippen LogP contribution in [0.3, 0.4) is 0 Å². The minimum absolute atomic E-state index is 0.0649. The molecule has 1 amide bonds. The molecule has 0 radical (unpaired) electrons. The summed E-state index contributed by atoms with van der Waals surface area (Å²) in [5, 5.41) is 10.2. The highest BCUT2D eigenvalue weighted by molar-refractivity contribution is 7.71. The predicted molar refractivity (Wildman–Crippen MR) is 92.6 cm³/mol. The first-order chi connectivity index (χ1) is 10.8. The maximum atomic E-state index is 12.4. The zero-order valence-electron chi connectivity index (χ0n) is 14.3. The maximum absolute atomic E-state index is 12.4. The van der Waals surface area contributed by atoms with E-state index in [2.05, 4.69) is 53.9 Å². The number of rotatable bonds is 6. The van der Waals surface area contributed by atoms with E-state index >= 15 is 0 Å². The van der Waals surface area contributed by atoms with Gasteiger partial charge in [0.15, 0.2) is 4.77 Å². The molecule has 2 aliphatic carbocycles. The number of H-pyrrole nitrogens is 1. The van der Waals surface area contributed by atoms with Crippen molar-refractivity contribution in [3.63, 3.8) is 0 Å². The molecule has 3 rings (SSSR count). The lowest BCUT2D eigenvalue weighted by atomic mass is 10.1. The van der Waals surface area contributed by atoms with Gasteiger partial charge in [-0.2, -0.15) is 5.10 Å². The smallest absolute Gasteiger partial charge is 0.224 e. The van der Waals surface area contributed by atoms with Crippen molar-refractivity contribution >= 4 is 18.1 Å². The van der Waals surface area contributed by atoms with E-state index in [1.807, 2.05) is 0 Å². The maximum Gasteiger partial charge on any atom is 0.224 e. The zero-order valence-corrected chi connectivity index (χ0v) is 15.2. The van der Waals surface area contributed by atoms with Crippen LogP contribution < -0.4 is 5.32 Å². The van der Waals surface area contributed by atoms with E-state index in [9.17, 15) is 4.79 Å². The Labute approximate surface area is 142 Å². The van der Waals surface area contributed by atoms with Crippen LogP contribution >= 0.6 is 12.2 Å². The topological polar surface area (TPSA) is 62.7 Å². The molecule has 6 heteroatoms. The van der Waals surface area contributed by atoms with Crippen molar-refractivity contribution in [3.8, 4) is 0 Å². The average Bonchev–Trinajstić information content (AvgIpc) is 3.32. The Bertz CT molecular complexity index is 692. The molecule has 0 bridgehead atoms. The van der Waals surface area contributed by atoms with Gasteiger partial charge in [0, 0.05) is 19.0 Å². The van der Waals surface area contributed by atoms with Crippen molar-refractivity contribution in [2.24, 2.45) is 17.3 Å². The van der Waals surface area contributed by atoms with Crippen LogP contribution in [0, 0.1) is 22.0 Å². The second-order valence-corrected chi connectivity index (χ2v) is 8.04. The number of hydrogen-bond donors (Lipinski definition) is 2. The van der Waals surface area contributed by atoms with Crippen molar-refractivity contribution in [2.45, 2.75) is 53.0 Å². The second-order valence-electron chi connectivity index (χ2n) is 7.66. The molecule has 2 fully saturated rings. The Morgan fingerprint density at radius 3 is 2.78 bits per heavy atom. The van der Waals surface area contributed by atoms with E-state index in [1.54, 1.807) is 0 Å². The van der Waals surface area contributed by atoms with Gasteiger partial charge in [0.1, 0.15) is 5.82 Å². The van der Waals surface area contributed by atoms with E-state index < -0.39 is 0 Å². The molecule has 23 heavy (non-hydrogen) atoms. The fourth-order valence-corrected chi connectivity index (χ4v) is 3.78. The number of allylic oxidation sites excluding steroid dienone is 2. The first-order valence-corrected chi connectivity index (χ1v) is 8.81. The van der Waals surface area contributed by atoms with Crippen LogP contribution in [0.15, 0.2) is 11.6 Å². The minimum atomic E-state index is 0.0649. The highest BCUT2D eigenvalue weighted by Gasteiger charge is 2.60. The largest absolute Gasteiger partial charge is 0.355 e. The van der Waals surface area contributed by atoms with Gasteiger partial charge in [-0.15, -0.1) is 0 Å². The number of carbonyl (C=O) groups excluding carboxylic acids is 1. The Balaban J connectivity index is 1.55. The molecule has 0 spiro atoms. The molecule has 2 N–H and O–H groups in total. The quantitative estimate of drug-likeness (QED) is 0.620. The predicted octanol–water partition coefficient (Wildman–Crippen LogP) is 3.17. The summed E-state index contributed by atoms with van der Waals surface area (Å²) < 4.78 is 2.80. The molecular weight excluding hydrogens is 308 g/mol. The first kappa shape index (κ1) is 16.4. The third-order valence-electron chi connectivity index (χ3n) is 5.04. The van der Waals surface area contributed by atoms with Gasteiger partial charge in [-0.3, -0.25) is 9.89 Å². The molecule has 0 saturated heterocycles.